The molecule has 0 saturated carbocycles. The zero-order valence-electron chi connectivity index (χ0n) is 8.36. The molecule has 74 valence electrons. The Morgan fingerprint density at radius 2 is 2.46 bits per heavy atom. The Bertz CT molecular complexity index is 226. The van der Waals surface area contributed by atoms with Crippen LogP contribution < -0.4 is 0 Å². The maximum absolute atomic E-state index is 5.37. The third kappa shape index (κ3) is 3.06. The Balaban J connectivity index is 2.53. The Hall–Kier alpha value is -0.450. The number of likely N-dealkylation sites (N-methyl/N-ethyl adjacent to an activating group) is 1. The van der Waals surface area contributed by atoms with Crippen LogP contribution in [-0.4, -0.2) is 37.1 Å². The van der Waals surface area contributed by atoms with Crippen molar-refractivity contribution in [2.24, 2.45) is 0 Å². The summed E-state index contributed by atoms with van der Waals surface area (Å²) in [5, 5.41) is 3.04. The van der Waals surface area contributed by atoms with E-state index in [-0.39, 0.29) is 6.10 Å². The van der Waals surface area contributed by atoms with Crippen LogP contribution in [0.15, 0.2) is 11.6 Å². The number of rotatable bonds is 5. The molecule has 1 rings (SSSR count). The molecular formula is C9H16N2OS. The fourth-order valence-corrected chi connectivity index (χ4v) is 1.76. The maximum Gasteiger partial charge on any atom is 0.123 e. The quantitative estimate of drug-likeness (QED) is 0.724. The highest BCUT2D eigenvalue weighted by Crippen LogP contribution is 2.19. The molecule has 4 heteroatoms. The van der Waals surface area contributed by atoms with Crippen LogP contribution in [0.3, 0.4) is 0 Å². The summed E-state index contributed by atoms with van der Waals surface area (Å²) in [6.07, 6.45) is 1.93. The van der Waals surface area contributed by atoms with Gasteiger partial charge in [0.2, 0.25) is 0 Å². The second-order valence-electron chi connectivity index (χ2n) is 2.95. The van der Waals surface area contributed by atoms with E-state index in [1.807, 2.05) is 11.6 Å². The lowest BCUT2D eigenvalue weighted by molar-refractivity contribution is 0.0729. The van der Waals surface area contributed by atoms with Gasteiger partial charge in [0.15, 0.2) is 0 Å². The first-order valence-electron chi connectivity index (χ1n) is 4.38. The second kappa shape index (κ2) is 5.32. The number of hydrogen-bond acceptors (Lipinski definition) is 4. The number of hydrogen-bond donors (Lipinski definition) is 0. The van der Waals surface area contributed by atoms with E-state index in [1.165, 1.54) is 0 Å². The summed E-state index contributed by atoms with van der Waals surface area (Å²) in [6.45, 7) is 4.07. The topological polar surface area (TPSA) is 25.4 Å². The molecule has 0 amide bonds. The van der Waals surface area contributed by atoms with Gasteiger partial charge in [-0.05, 0) is 13.6 Å². The highest BCUT2D eigenvalue weighted by Gasteiger charge is 2.14. The summed E-state index contributed by atoms with van der Waals surface area (Å²) in [5.41, 5.74) is 0. The van der Waals surface area contributed by atoms with Gasteiger partial charge in [0, 0.05) is 25.2 Å². The van der Waals surface area contributed by atoms with E-state index < -0.39 is 0 Å². The van der Waals surface area contributed by atoms with Crippen molar-refractivity contribution in [1.29, 1.82) is 0 Å². The smallest absolute Gasteiger partial charge is 0.123 e. The summed E-state index contributed by atoms with van der Waals surface area (Å²) in [5.74, 6) is 0. The summed E-state index contributed by atoms with van der Waals surface area (Å²) in [6, 6.07) is 0. The molecule has 0 fully saturated rings. The molecule has 1 heterocycles. The number of methoxy groups -OCH3 is 1. The SMILES string of the molecule is CCN(C)CC(OC)c1nccs1. The van der Waals surface area contributed by atoms with Gasteiger partial charge in [0.1, 0.15) is 11.1 Å². The molecule has 3 nitrogen and oxygen atoms in total. The van der Waals surface area contributed by atoms with E-state index in [4.69, 9.17) is 4.74 Å². The molecule has 0 bridgehead atoms. The Labute approximate surface area is 83.4 Å². The van der Waals surface area contributed by atoms with Crippen molar-refractivity contribution in [3.8, 4) is 0 Å². The summed E-state index contributed by atoms with van der Waals surface area (Å²) in [4.78, 5) is 6.46. The van der Waals surface area contributed by atoms with Gasteiger partial charge in [-0.1, -0.05) is 6.92 Å². The van der Waals surface area contributed by atoms with Crippen molar-refractivity contribution in [3.05, 3.63) is 16.6 Å². The largest absolute Gasteiger partial charge is 0.373 e. The summed E-state index contributed by atoms with van der Waals surface area (Å²) < 4.78 is 5.37. The molecule has 0 saturated heterocycles. The van der Waals surface area contributed by atoms with Crippen LogP contribution in [-0.2, 0) is 4.74 Å². The third-order valence-corrected chi connectivity index (χ3v) is 2.90. The lowest BCUT2D eigenvalue weighted by Crippen LogP contribution is -2.25. The normalized spacial score (nSPS) is 13.5. The highest BCUT2D eigenvalue weighted by atomic mass is 32.1. The average molecular weight is 200 g/mol. The van der Waals surface area contributed by atoms with Gasteiger partial charge >= 0.3 is 0 Å². The van der Waals surface area contributed by atoms with Crippen molar-refractivity contribution >= 4 is 11.3 Å². The Morgan fingerprint density at radius 3 is 2.92 bits per heavy atom. The molecule has 0 aliphatic carbocycles. The minimum atomic E-state index is 0.116. The molecular weight excluding hydrogens is 184 g/mol. The Kier molecular flexibility index (Phi) is 4.35. The van der Waals surface area contributed by atoms with Crippen molar-refractivity contribution in [2.75, 3.05) is 27.2 Å². The average Bonchev–Trinajstić information content (AvgIpc) is 2.66. The minimum absolute atomic E-state index is 0.116. The van der Waals surface area contributed by atoms with E-state index in [2.05, 4.69) is 23.9 Å². The van der Waals surface area contributed by atoms with Gasteiger partial charge in [0.05, 0.1) is 0 Å². The first-order valence-corrected chi connectivity index (χ1v) is 5.26. The molecule has 0 N–H and O–H groups in total. The fraction of sp³-hybridized carbons (Fsp3) is 0.667. The minimum Gasteiger partial charge on any atom is -0.373 e. The summed E-state index contributed by atoms with van der Waals surface area (Å²) in [7, 11) is 3.81. The monoisotopic (exact) mass is 200 g/mol. The zero-order valence-corrected chi connectivity index (χ0v) is 9.17. The van der Waals surface area contributed by atoms with Crippen molar-refractivity contribution in [3.63, 3.8) is 0 Å². The van der Waals surface area contributed by atoms with E-state index in [0.29, 0.717) is 0 Å². The van der Waals surface area contributed by atoms with Crippen LogP contribution in [0.5, 0.6) is 0 Å². The third-order valence-electron chi connectivity index (χ3n) is 2.03. The van der Waals surface area contributed by atoms with Gasteiger partial charge in [-0.2, -0.15) is 0 Å². The molecule has 0 radical (unpaired) electrons. The van der Waals surface area contributed by atoms with Crippen LogP contribution in [0.4, 0.5) is 0 Å². The van der Waals surface area contributed by atoms with E-state index in [1.54, 1.807) is 18.4 Å². The van der Waals surface area contributed by atoms with E-state index >= 15 is 0 Å². The molecule has 1 atom stereocenters. The van der Waals surface area contributed by atoms with Crippen LogP contribution in [0, 0.1) is 0 Å². The Morgan fingerprint density at radius 1 is 1.69 bits per heavy atom. The number of nitrogens with zero attached hydrogens (tertiary/aromatic N) is 2. The number of aromatic nitrogens is 1. The molecule has 0 aliphatic rings. The lowest BCUT2D eigenvalue weighted by atomic mass is 10.3. The van der Waals surface area contributed by atoms with Crippen LogP contribution in [0.2, 0.25) is 0 Å². The van der Waals surface area contributed by atoms with Gasteiger partial charge in [-0.25, -0.2) is 4.98 Å². The zero-order chi connectivity index (χ0) is 9.68. The molecule has 0 aliphatic heterocycles. The predicted octanol–water partition coefficient (Wildman–Crippen LogP) is 1.78. The predicted molar refractivity (Wildman–Crippen MR) is 55.0 cm³/mol. The van der Waals surface area contributed by atoms with Crippen molar-refractivity contribution < 1.29 is 4.74 Å². The van der Waals surface area contributed by atoms with Crippen LogP contribution in [0.1, 0.15) is 18.0 Å². The number of thiazole rings is 1. The highest BCUT2D eigenvalue weighted by molar-refractivity contribution is 7.09. The molecule has 1 aromatic heterocycles. The maximum atomic E-state index is 5.37. The van der Waals surface area contributed by atoms with Gasteiger partial charge in [-0.15, -0.1) is 11.3 Å². The lowest BCUT2D eigenvalue weighted by Gasteiger charge is -2.19. The van der Waals surface area contributed by atoms with Gasteiger partial charge < -0.3 is 9.64 Å². The van der Waals surface area contributed by atoms with Crippen molar-refractivity contribution in [1.82, 2.24) is 9.88 Å². The molecule has 1 unspecified atom stereocenters. The molecule has 1 aromatic rings. The first kappa shape index (κ1) is 10.6. The molecule has 13 heavy (non-hydrogen) atoms. The van der Waals surface area contributed by atoms with Crippen LogP contribution >= 0.6 is 11.3 Å². The first-order chi connectivity index (χ1) is 6.27. The second-order valence-corrected chi connectivity index (χ2v) is 3.88. The molecule has 0 aromatic carbocycles. The van der Waals surface area contributed by atoms with Gasteiger partial charge in [0.25, 0.3) is 0 Å². The van der Waals surface area contributed by atoms with Gasteiger partial charge in [-0.3, -0.25) is 0 Å². The number of ether oxygens (including phenoxy) is 1. The standard InChI is InChI=1S/C9H16N2OS/c1-4-11(2)7-8(12-3)9-10-5-6-13-9/h5-6,8H,4,7H2,1-3H3. The summed E-state index contributed by atoms with van der Waals surface area (Å²) >= 11 is 1.65. The van der Waals surface area contributed by atoms with E-state index in [9.17, 15) is 0 Å². The van der Waals surface area contributed by atoms with E-state index in [0.717, 1.165) is 18.1 Å². The van der Waals surface area contributed by atoms with Crippen LogP contribution in [0.25, 0.3) is 0 Å². The fourth-order valence-electron chi connectivity index (χ4n) is 1.06. The van der Waals surface area contributed by atoms with Crippen molar-refractivity contribution in [2.45, 2.75) is 13.0 Å². The molecule has 0 spiro atoms.